The van der Waals surface area contributed by atoms with Crippen molar-refractivity contribution in [3.8, 4) is 0 Å². The number of carbonyl (C=O) groups is 1. The molecule has 0 aliphatic rings. The third kappa shape index (κ3) is 2.26. The number of aromatic amines is 1. The molecule has 2 N–H and O–H groups in total. The first-order valence-corrected chi connectivity index (χ1v) is 5.57. The second-order valence-electron chi connectivity index (χ2n) is 4.20. The van der Waals surface area contributed by atoms with Crippen molar-refractivity contribution < 1.29 is 19.2 Å². The van der Waals surface area contributed by atoms with E-state index < -0.39 is 16.7 Å². The highest BCUT2D eigenvalue weighted by molar-refractivity contribution is 5.92. The van der Waals surface area contributed by atoms with Gasteiger partial charge in [-0.25, -0.2) is 4.39 Å². The highest BCUT2D eigenvalue weighted by atomic mass is 19.1. The third-order valence-electron chi connectivity index (χ3n) is 2.99. The van der Waals surface area contributed by atoms with E-state index in [1.807, 2.05) is 0 Å². The minimum absolute atomic E-state index is 0.0999. The fourth-order valence-corrected chi connectivity index (χ4v) is 2.13. The first kappa shape index (κ1) is 13.0. The number of nitro groups is 1. The van der Waals surface area contributed by atoms with Gasteiger partial charge in [0.2, 0.25) is 0 Å². The number of benzene rings is 1. The number of rotatable bonds is 4. The minimum Gasteiger partial charge on any atom is -0.481 e. The Hall–Kier alpha value is -2.44. The summed E-state index contributed by atoms with van der Waals surface area (Å²) < 4.78 is 13.8. The molecule has 100 valence electrons. The van der Waals surface area contributed by atoms with E-state index >= 15 is 0 Å². The Labute approximate surface area is 107 Å². The molecule has 6 nitrogen and oxygen atoms in total. The molecule has 2 rings (SSSR count). The van der Waals surface area contributed by atoms with Gasteiger partial charge in [-0.1, -0.05) is 0 Å². The second kappa shape index (κ2) is 4.68. The first-order valence-electron chi connectivity index (χ1n) is 5.57. The van der Waals surface area contributed by atoms with Crippen LogP contribution in [0.1, 0.15) is 17.7 Å². The first-order chi connectivity index (χ1) is 8.91. The summed E-state index contributed by atoms with van der Waals surface area (Å²) in [5.74, 6) is -1.59. The van der Waals surface area contributed by atoms with Crippen LogP contribution in [0.25, 0.3) is 10.9 Å². The summed E-state index contributed by atoms with van der Waals surface area (Å²) in [4.78, 5) is 23.6. The number of nitro benzene ring substituents is 1. The molecule has 7 heteroatoms. The summed E-state index contributed by atoms with van der Waals surface area (Å²) in [5, 5.41) is 19.7. The Morgan fingerprint density at radius 3 is 2.79 bits per heavy atom. The average molecular weight is 266 g/mol. The molecule has 0 aliphatic carbocycles. The molecule has 1 aromatic carbocycles. The molecule has 0 radical (unpaired) electrons. The number of carboxylic acid groups (broad SMARTS) is 1. The maximum absolute atomic E-state index is 13.8. The van der Waals surface area contributed by atoms with Crippen molar-refractivity contribution in [3.05, 3.63) is 39.3 Å². The number of fused-ring (bicyclic) bond motifs is 1. The molecule has 0 unspecified atom stereocenters. The quantitative estimate of drug-likeness (QED) is 0.656. The van der Waals surface area contributed by atoms with E-state index in [0.717, 1.165) is 12.1 Å². The Kier molecular flexibility index (Phi) is 3.20. The zero-order valence-corrected chi connectivity index (χ0v) is 10.1. The number of aryl methyl sites for hydroxylation is 2. The lowest BCUT2D eigenvalue weighted by atomic mass is 10.0. The lowest BCUT2D eigenvalue weighted by molar-refractivity contribution is -0.383. The summed E-state index contributed by atoms with van der Waals surface area (Å²) in [5.41, 5.74) is 0.895. The van der Waals surface area contributed by atoms with Gasteiger partial charge in [0.25, 0.3) is 5.69 Å². The van der Waals surface area contributed by atoms with Crippen LogP contribution in [-0.4, -0.2) is 21.0 Å². The molecule has 1 aromatic heterocycles. The van der Waals surface area contributed by atoms with Crippen LogP contribution in [-0.2, 0) is 11.2 Å². The zero-order chi connectivity index (χ0) is 14.2. The van der Waals surface area contributed by atoms with Crippen molar-refractivity contribution in [2.45, 2.75) is 19.8 Å². The number of hydrogen-bond acceptors (Lipinski definition) is 3. The molecule has 0 spiro atoms. The van der Waals surface area contributed by atoms with Crippen molar-refractivity contribution in [2.75, 3.05) is 0 Å². The summed E-state index contributed by atoms with van der Waals surface area (Å²) in [6.07, 6.45) is -0.0326. The number of aromatic nitrogens is 1. The molecule has 1 heterocycles. The van der Waals surface area contributed by atoms with Crippen molar-refractivity contribution in [3.63, 3.8) is 0 Å². The van der Waals surface area contributed by atoms with Gasteiger partial charge >= 0.3 is 5.97 Å². The van der Waals surface area contributed by atoms with Gasteiger partial charge in [0.05, 0.1) is 4.92 Å². The van der Waals surface area contributed by atoms with Crippen LogP contribution in [0.5, 0.6) is 0 Å². The lowest BCUT2D eigenvalue weighted by Gasteiger charge is -2.00. The molecule has 0 aliphatic heterocycles. The van der Waals surface area contributed by atoms with E-state index in [0.29, 0.717) is 11.3 Å². The Balaban J connectivity index is 2.65. The van der Waals surface area contributed by atoms with Gasteiger partial charge < -0.3 is 10.1 Å². The normalized spacial score (nSPS) is 10.8. The van der Waals surface area contributed by atoms with Gasteiger partial charge in [-0.2, -0.15) is 0 Å². The summed E-state index contributed by atoms with van der Waals surface area (Å²) in [6, 6.07) is 2.12. The maximum atomic E-state index is 13.8. The van der Waals surface area contributed by atoms with E-state index in [2.05, 4.69) is 4.98 Å². The molecule has 0 saturated heterocycles. The van der Waals surface area contributed by atoms with Gasteiger partial charge in [-0.05, 0) is 25.0 Å². The molecule has 0 bridgehead atoms. The molecule has 0 saturated carbocycles. The number of aliphatic carboxylic acids is 1. The Morgan fingerprint density at radius 2 is 2.21 bits per heavy atom. The number of nitrogens with one attached hydrogen (secondary N) is 1. The van der Waals surface area contributed by atoms with Gasteiger partial charge in [-0.3, -0.25) is 14.9 Å². The number of nitrogens with zero attached hydrogens (tertiary/aromatic N) is 1. The molecule has 2 aromatic rings. The van der Waals surface area contributed by atoms with Gasteiger partial charge in [0.1, 0.15) is 11.3 Å². The number of carboxylic acids is 1. The molecule has 19 heavy (non-hydrogen) atoms. The summed E-state index contributed by atoms with van der Waals surface area (Å²) >= 11 is 0. The van der Waals surface area contributed by atoms with Crippen molar-refractivity contribution in [1.82, 2.24) is 4.98 Å². The van der Waals surface area contributed by atoms with Crippen molar-refractivity contribution in [1.29, 1.82) is 0 Å². The van der Waals surface area contributed by atoms with Gasteiger partial charge in [0.15, 0.2) is 0 Å². The third-order valence-corrected chi connectivity index (χ3v) is 2.99. The number of halogens is 1. The van der Waals surface area contributed by atoms with Crippen LogP contribution in [0.3, 0.4) is 0 Å². The molecule has 0 amide bonds. The summed E-state index contributed by atoms with van der Waals surface area (Å²) in [6.45, 7) is 1.64. The highest BCUT2D eigenvalue weighted by Crippen LogP contribution is 2.32. The van der Waals surface area contributed by atoms with Crippen LogP contribution in [0, 0.1) is 22.9 Å². The Bertz CT molecular complexity index is 678. The zero-order valence-electron chi connectivity index (χ0n) is 10.1. The fourth-order valence-electron chi connectivity index (χ4n) is 2.13. The number of non-ortho nitro benzene ring substituents is 1. The molecule has 0 atom stereocenters. The van der Waals surface area contributed by atoms with Gasteiger partial charge in [-0.15, -0.1) is 0 Å². The van der Waals surface area contributed by atoms with Crippen LogP contribution < -0.4 is 0 Å². The van der Waals surface area contributed by atoms with E-state index in [4.69, 9.17) is 5.11 Å². The van der Waals surface area contributed by atoms with E-state index in [-0.39, 0.29) is 29.4 Å². The van der Waals surface area contributed by atoms with Crippen LogP contribution in [0.4, 0.5) is 10.1 Å². The monoisotopic (exact) mass is 266 g/mol. The van der Waals surface area contributed by atoms with E-state index in [1.165, 1.54) is 0 Å². The standard InChI is InChI=1S/C12H11FN2O4/c1-6-7(2-5-10(16)17)11-8(13)3-4-9(15(18)19)12(11)14-6/h3-4,14H,2,5H2,1H3,(H,16,17). The van der Waals surface area contributed by atoms with Crippen LogP contribution in [0.2, 0.25) is 0 Å². The smallest absolute Gasteiger partial charge is 0.303 e. The van der Waals surface area contributed by atoms with Gasteiger partial charge in [0, 0.05) is 23.6 Å². The maximum Gasteiger partial charge on any atom is 0.303 e. The largest absolute Gasteiger partial charge is 0.481 e. The predicted molar refractivity (Wildman–Crippen MR) is 65.6 cm³/mol. The SMILES string of the molecule is Cc1[nH]c2c([N+](=O)[O-])ccc(F)c2c1CCC(=O)O. The molecular weight excluding hydrogens is 255 g/mol. The second-order valence-corrected chi connectivity index (χ2v) is 4.20. The number of hydrogen-bond donors (Lipinski definition) is 2. The topological polar surface area (TPSA) is 96.2 Å². The van der Waals surface area contributed by atoms with Crippen molar-refractivity contribution >= 4 is 22.6 Å². The highest BCUT2D eigenvalue weighted by Gasteiger charge is 2.21. The van der Waals surface area contributed by atoms with Crippen molar-refractivity contribution in [2.24, 2.45) is 0 Å². The van der Waals surface area contributed by atoms with Crippen LogP contribution in [0.15, 0.2) is 12.1 Å². The average Bonchev–Trinajstić information content (AvgIpc) is 2.63. The predicted octanol–water partition coefficient (Wildman–Crippen LogP) is 2.54. The number of H-pyrrole nitrogens is 1. The van der Waals surface area contributed by atoms with E-state index in [9.17, 15) is 19.3 Å². The molecular formula is C12H11FN2O4. The lowest BCUT2D eigenvalue weighted by Crippen LogP contribution is -1.98. The Morgan fingerprint density at radius 1 is 1.53 bits per heavy atom. The van der Waals surface area contributed by atoms with E-state index in [1.54, 1.807) is 6.92 Å². The minimum atomic E-state index is -1.00. The summed E-state index contributed by atoms with van der Waals surface area (Å²) in [7, 11) is 0. The van der Waals surface area contributed by atoms with Crippen LogP contribution >= 0.6 is 0 Å². The molecule has 0 fully saturated rings. The fraction of sp³-hybridized carbons (Fsp3) is 0.250.